The summed E-state index contributed by atoms with van der Waals surface area (Å²) in [6, 6.07) is 15.8. The van der Waals surface area contributed by atoms with Gasteiger partial charge in [0.1, 0.15) is 11.3 Å². The van der Waals surface area contributed by atoms with Crippen molar-refractivity contribution in [3.8, 4) is 5.75 Å². The first-order valence-corrected chi connectivity index (χ1v) is 11.5. The Bertz CT molecular complexity index is 1510. The van der Waals surface area contributed by atoms with Gasteiger partial charge in [0.2, 0.25) is 5.91 Å². The molecule has 0 bridgehead atoms. The number of esters is 1. The van der Waals surface area contributed by atoms with Gasteiger partial charge in [0.15, 0.2) is 0 Å². The third-order valence-corrected chi connectivity index (χ3v) is 6.49. The summed E-state index contributed by atoms with van der Waals surface area (Å²) in [5, 5.41) is 11.4. The van der Waals surface area contributed by atoms with E-state index in [1.165, 1.54) is 36.4 Å². The Kier molecular flexibility index (Phi) is 5.79. The first-order valence-electron chi connectivity index (χ1n) is 11.5. The number of anilines is 2. The maximum absolute atomic E-state index is 13.0. The van der Waals surface area contributed by atoms with Gasteiger partial charge in [-0.15, -0.1) is 0 Å². The van der Waals surface area contributed by atoms with Gasteiger partial charge >= 0.3 is 5.97 Å². The second-order valence-electron chi connectivity index (χ2n) is 9.02. The van der Waals surface area contributed by atoms with Crippen molar-refractivity contribution in [2.75, 3.05) is 16.3 Å². The summed E-state index contributed by atoms with van der Waals surface area (Å²) < 4.78 is 5.52. The first-order chi connectivity index (χ1) is 17.7. The van der Waals surface area contributed by atoms with Crippen molar-refractivity contribution < 1.29 is 28.8 Å². The van der Waals surface area contributed by atoms with E-state index in [9.17, 15) is 29.3 Å². The molecule has 0 aliphatic carbocycles. The lowest BCUT2D eigenvalue weighted by molar-refractivity contribution is -0.385. The Balaban J connectivity index is 1.33. The summed E-state index contributed by atoms with van der Waals surface area (Å²) in [5.74, 6) is -2.65. The number of carbonyl (C=O) groups is 4. The van der Waals surface area contributed by atoms with Crippen LogP contribution in [-0.2, 0) is 9.59 Å². The minimum Gasteiger partial charge on any atom is -0.426 e. The fourth-order valence-corrected chi connectivity index (χ4v) is 4.69. The number of nitro benzene ring substituents is 1. The molecular formula is C27H21N3O7. The minimum absolute atomic E-state index is 0.0255. The molecule has 0 radical (unpaired) electrons. The van der Waals surface area contributed by atoms with Gasteiger partial charge in [0.05, 0.1) is 22.1 Å². The number of carbonyl (C=O) groups excluding carboxylic acids is 4. The van der Waals surface area contributed by atoms with E-state index in [1.807, 2.05) is 31.2 Å². The zero-order valence-electron chi connectivity index (χ0n) is 20.0. The van der Waals surface area contributed by atoms with Crippen molar-refractivity contribution in [1.82, 2.24) is 0 Å². The highest BCUT2D eigenvalue weighted by Gasteiger charge is 2.42. The van der Waals surface area contributed by atoms with Crippen LogP contribution in [0.3, 0.4) is 0 Å². The topological polar surface area (TPSA) is 127 Å². The summed E-state index contributed by atoms with van der Waals surface area (Å²) in [6.07, 6.45) is 0.0255. The lowest BCUT2D eigenvalue weighted by Crippen LogP contribution is -2.30. The molecule has 2 aliphatic rings. The van der Waals surface area contributed by atoms with Crippen LogP contribution in [0.2, 0.25) is 0 Å². The van der Waals surface area contributed by atoms with E-state index < -0.39 is 34.3 Å². The van der Waals surface area contributed by atoms with E-state index in [2.05, 4.69) is 0 Å². The Morgan fingerprint density at radius 3 is 2.46 bits per heavy atom. The summed E-state index contributed by atoms with van der Waals surface area (Å²) in [5.41, 5.74) is 1.66. The standard InChI is InChI=1S/C27H21N3O7/c1-15-5-3-6-18(11-15)28-14-17(13-23(28)31)27(34)37-19-9-10-21(16(2)12-19)29-25(32)20-7-4-8-22(30(35)36)24(20)26(29)33/h3-12,17H,13-14H2,1-2H3/t17-/m1/s1. The number of nitro groups is 1. The number of rotatable bonds is 5. The van der Waals surface area contributed by atoms with Gasteiger partial charge < -0.3 is 9.64 Å². The van der Waals surface area contributed by atoms with E-state index >= 15 is 0 Å². The molecule has 0 saturated carbocycles. The normalized spacial score (nSPS) is 16.8. The van der Waals surface area contributed by atoms with Gasteiger partial charge in [0, 0.05) is 24.7 Å². The molecular weight excluding hydrogens is 478 g/mol. The van der Waals surface area contributed by atoms with Crippen LogP contribution in [0.1, 0.15) is 38.3 Å². The summed E-state index contributed by atoms with van der Waals surface area (Å²) in [7, 11) is 0. The Morgan fingerprint density at radius 2 is 1.76 bits per heavy atom. The van der Waals surface area contributed by atoms with Crippen LogP contribution in [0.4, 0.5) is 17.1 Å². The number of aryl methyl sites for hydroxylation is 2. The van der Waals surface area contributed by atoms with Gasteiger partial charge in [0.25, 0.3) is 17.5 Å². The molecule has 0 spiro atoms. The molecule has 5 rings (SSSR count). The maximum atomic E-state index is 13.0. The molecule has 0 N–H and O–H groups in total. The van der Waals surface area contributed by atoms with Crippen molar-refractivity contribution in [3.63, 3.8) is 0 Å². The molecule has 2 aliphatic heterocycles. The van der Waals surface area contributed by atoms with Crippen LogP contribution in [0.15, 0.2) is 60.7 Å². The number of amides is 3. The molecule has 0 aromatic heterocycles. The monoisotopic (exact) mass is 499 g/mol. The summed E-state index contributed by atoms with van der Waals surface area (Å²) in [4.78, 5) is 64.4. The van der Waals surface area contributed by atoms with Crippen molar-refractivity contribution >= 4 is 40.8 Å². The predicted molar refractivity (Wildman–Crippen MR) is 133 cm³/mol. The highest BCUT2D eigenvalue weighted by molar-refractivity contribution is 6.35. The zero-order chi connectivity index (χ0) is 26.4. The van der Waals surface area contributed by atoms with Crippen LogP contribution < -0.4 is 14.5 Å². The quantitative estimate of drug-likeness (QED) is 0.171. The third kappa shape index (κ3) is 4.12. The minimum atomic E-state index is -0.791. The number of ether oxygens (including phenoxy) is 1. The van der Waals surface area contributed by atoms with Crippen LogP contribution >= 0.6 is 0 Å². The number of hydrogen-bond donors (Lipinski definition) is 0. The van der Waals surface area contributed by atoms with Crippen molar-refractivity contribution in [1.29, 1.82) is 0 Å². The van der Waals surface area contributed by atoms with Gasteiger partial charge in [-0.05, 0) is 61.4 Å². The third-order valence-electron chi connectivity index (χ3n) is 6.49. The molecule has 1 fully saturated rings. The molecule has 3 amide bonds. The Hall–Kier alpha value is -4.86. The zero-order valence-corrected chi connectivity index (χ0v) is 20.0. The van der Waals surface area contributed by atoms with Crippen LogP contribution in [0.25, 0.3) is 0 Å². The van der Waals surface area contributed by atoms with Gasteiger partial charge in [-0.3, -0.25) is 29.3 Å². The van der Waals surface area contributed by atoms with Crippen molar-refractivity contribution in [2.45, 2.75) is 20.3 Å². The molecule has 3 aromatic rings. The lowest BCUT2D eigenvalue weighted by Gasteiger charge is -2.18. The molecule has 2 heterocycles. The second-order valence-corrected chi connectivity index (χ2v) is 9.02. The largest absolute Gasteiger partial charge is 0.426 e. The number of imide groups is 1. The van der Waals surface area contributed by atoms with Crippen molar-refractivity contribution in [3.05, 3.63) is 93.0 Å². The van der Waals surface area contributed by atoms with E-state index in [0.717, 1.165) is 16.2 Å². The van der Waals surface area contributed by atoms with E-state index in [0.29, 0.717) is 5.56 Å². The van der Waals surface area contributed by atoms with Gasteiger partial charge in [-0.25, -0.2) is 4.90 Å². The number of fused-ring (bicyclic) bond motifs is 1. The molecule has 1 saturated heterocycles. The highest BCUT2D eigenvalue weighted by atomic mass is 16.6. The smallest absolute Gasteiger partial charge is 0.316 e. The first kappa shape index (κ1) is 23.9. The molecule has 0 unspecified atom stereocenters. The van der Waals surface area contributed by atoms with Crippen molar-refractivity contribution in [2.24, 2.45) is 5.92 Å². The predicted octanol–water partition coefficient (Wildman–Crippen LogP) is 3.97. The van der Waals surface area contributed by atoms with E-state index in [-0.39, 0.29) is 41.4 Å². The highest BCUT2D eigenvalue weighted by Crippen LogP contribution is 2.36. The fraction of sp³-hybridized carbons (Fsp3) is 0.185. The van der Waals surface area contributed by atoms with Crippen LogP contribution in [-0.4, -0.2) is 35.2 Å². The van der Waals surface area contributed by atoms with Crippen LogP contribution in [0.5, 0.6) is 5.75 Å². The van der Waals surface area contributed by atoms with Gasteiger partial charge in [-0.2, -0.15) is 0 Å². The average Bonchev–Trinajstić information content (AvgIpc) is 3.37. The number of benzene rings is 3. The van der Waals surface area contributed by atoms with E-state index in [4.69, 9.17) is 4.74 Å². The molecule has 10 nitrogen and oxygen atoms in total. The second kappa shape index (κ2) is 8.98. The van der Waals surface area contributed by atoms with Crippen LogP contribution in [0, 0.1) is 29.9 Å². The molecule has 37 heavy (non-hydrogen) atoms. The fourth-order valence-electron chi connectivity index (χ4n) is 4.69. The summed E-state index contributed by atoms with van der Waals surface area (Å²) in [6.45, 7) is 3.75. The molecule has 3 aromatic carbocycles. The average molecular weight is 499 g/mol. The molecule has 1 atom stereocenters. The lowest BCUT2D eigenvalue weighted by atomic mass is 10.1. The maximum Gasteiger partial charge on any atom is 0.316 e. The molecule has 186 valence electrons. The number of nitrogens with zero attached hydrogens (tertiary/aromatic N) is 3. The SMILES string of the molecule is Cc1cccc(N2C[C@H](C(=O)Oc3ccc(N4C(=O)c5cccc([N+](=O)[O-])c5C4=O)c(C)c3)CC2=O)c1. The Morgan fingerprint density at radius 1 is 1.00 bits per heavy atom. The van der Waals surface area contributed by atoms with Gasteiger partial charge in [-0.1, -0.05) is 18.2 Å². The molecule has 10 heteroatoms. The van der Waals surface area contributed by atoms with E-state index in [1.54, 1.807) is 11.8 Å². The number of hydrogen-bond acceptors (Lipinski definition) is 7. The Labute approximate surface area is 211 Å². The summed E-state index contributed by atoms with van der Waals surface area (Å²) >= 11 is 0.